The van der Waals surface area contributed by atoms with Crippen LogP contribution in [0, 0.1) is 11.8 Å². The minimum atomic E-state index is 0.00574. The summed E-state index contributed by atoms with van der Waals surface area (Å²) in [5, 5.41) is 10.2. The van der Waals surface area contributed by atoms with Gasteiger partial charge in [0.1, 0.15) is 0 Å². The average Bonchev–Trinajstić information content (AvgIpc) is 2.71. The van der Waals surface area contributed by atoms with Crippen molar-refractivity contribution in [3.8, 4) is 0 Å². The molecule has 2 aliphatic rings. The number of nitrogens with zero attached hydrogens (tertiary/aromatic N) is 1. The summed E-state index contributed by atoms with van der Waals surface area (Å²) < 4.78 is 0. The van der Waals surface area contributed by atoms with Gasteiger partial charge >= 0.3 is 0 Å². The van der Waals surface area contributed by atoms with Crippen LogP contribution in [0.15, 0.2) is 0 Å². The third kappa shape index (κ3) is 2.29. The highest BCUT2D eigenvalue weighted by Crippen LogP contribution is 2.34. The molecule has 0 bridgehead atoms. The fourth-order valence-electron chi connectivity index (χ4n) is 3.05. The molecule has 1 saturated heterocycles. The van der Waals surface area contributed by atoms with Gasteiger partial charge in [-0.05, 0) is 57.7 Å². The normalized spacial score (nSPS) is 29.6. The van der Waals surface area contributed by atoms with Gasteiger partial charge in [-0.2, -0.15) is 0 Å². The Morgan fingerprint density at radius 2 is 1.50 bits per heavy atom. The van der Waals surface area contributed by atoms with Gasteiger partial charge in [-0.1, -0.05) is 12.8 Å². The summed E-state index contributed by atoms with van der Waals surface area (Å²) in [7, 11) is 2.18. The van der Waals surface area contributed by atoms with Gasteiger partial charge in [0.2, 0.25) is 0 Å². The van der Waals surface area contributed by atoms with Gasteiger partial charge in [-0.3, -0.25) is 0 Å². The fraction of sp³-hybridized carbons (Fsp3) is 1.00. The lowest BCUT2D eigenvalue weighted by molar-refractivity contribution is 0.0237. The van der Waals surface area contributed by atoms with Crippen LogP contribution in [0.2, 0.25) is 0 Å². The highest BCUT2D eigenvalue weighted by atomic mass is 16.3. The molecule has 1 heterocycles. The van der Waals surface area contributed by atoms with Gasteiger partial charge in [0, 0.05) is 0 Å². The number of likely N-dealkylation sites (tertiary alicyclic amines) is 1. The standard InChI is InChI=1S/C12H23NO/c1-13-8-6-11(7-9-13)12(14)10-4-2-3-5-10/h10-12,14H,2-9H2,1H3. The first-order valence-corrected chi connectivity index (χ1v) is 6.14. The second-order valence-electron chi connectivity index (χ2n) is 5.18. The van der Waals surface area contributed by atoms with Crippen molar-refractivity contribution in [1.29, 1.82) is 0 Å². The summed E-state index contributed by atoms with van der Waals surface area (Å²) in [6, 6.07) is 0. The number of hydrogen-bond donors (Lipinski definition) is 1. The van der Waals surface area contributed by atoms with E-state index in [0.717, 1.165) is 0 Å². The number of piperidine rings is 1. The zero-order valence-electron chi connectivity index (χ0n) is 9.28. The maximum absolute atomic E-state index is 10.2. The number of hydrogen-bond acceptors (Lipinski definition) is 2. The smallest absolute Gasteiger partial charge is 0.0597 e. The van der Waals surface area contributed by atoms with Gasteiger partial charge in [0.15, 0.2) is 0 Å². The Labute approximate surface area is 87.3 Å². The first-order chi connectivity index (χ1) is 6.77. The molecule has 0 amide bonds. The van der Waals surface area contributed by atoms with Crippen molar-refractivity contribution in [1.82, 2.24) is 4.90 Å². The monoisotopic (exact) mass is 197 g/mol. The van der Waals surface area contributed by atoms with E-state index in [-0.39, 0.29) is 6.10 Å². The molecule has 0 spiro atoms. The van der Waals surface area contributed by atoms with Crippen LogP contribution in [0.25, 0.3) is 0 Å². The first-order valence-electron chi connectivity index (χ1n) is 6.14. The van der Waals surface area contributed by atoms with Crippen molar-refractivity contribution in [3.63, 3.8) is 0 Å². The summed E-state index contributed by atoms with van der Waals surface area (Å²) >= 11 is 0. The Morgan fingerprint density at radius 3 is 2.07 bits per heavy atom. The molecule has 1 unspecified atom stereocenters. The number of aliphatic hydroxyl groups excluding tert-OH is 1. The van der Waals surface area contributed by atoms with E-state index < -0.39 is 0 Å². The fourth-order valence-corrected chi connectivity index (χ4v) is 3.05. The molecule has 1 saturated carbocycles. The summed E-state index contributed by atoms with van der Waals surface area (Å²) in [5.41, 5.74) is 0. The van der Waals surface area contributed by atoms with E-state index in [1.54, 1.807) is 0 Å². The molecule has 2 nitrogen and oxygen atoms in total. The van der Waals surface area contributed by atoms with Gasteiger partial charge in [0.05, 0.1) is 6.10 Å². The van der Waals surface area contributed by atoms with Gasteiger partial charge in [-0.25, -0.2) is 0 Å². The van der Waals surface area contributed by atoms with Crippen LogP contribution < -0.4 is 0 Å². The molecular weight excluding hydrogens is 174 g/mol. The van der Waals surface area contributed by atoms with E-state index in [9.17, 15) is 5.11 Å². The molecule has 1 aliphatic heterocycles. The minimum Gasteiger partial charge on any atom is -0.393 e. The van der Waals surface area contributed by atoms with Crippen molar-refractivity contribution in [3.05, 3.63) is 0 Å². The molecule has 0 aromatic carbocycles. The molecule has 0 aromatic heterocycles. The SMILES string of the molecule is CN1CCC(C(O)C2CCCC2)CC1. The van der Waals surface area contributed by atoms with Crippen molar-refractivity contribution in [2.75, 3.05) is 20.1 Å². The zero-order valence-corrected chi connectivity index (χ0v) is 9.28. The molecule has 1 atom stereocenters. The quantitative estimate of drug-likeness (QED) is 0.730. The molecule has 0 aromatic rings. The van der Waals surface area contributed by atoms with Crippen molar-refractivity contribution in [2.45, 2.75) is 44.6 Å². The largest absolute Gasteiger partial charge is 0.393 e. The summed E-state index contributed by atoms with van der Waals surface area (Å²) in [4.78, 5) is 2.37. The molecule has 82 valence electrons. The van der Waals surface area contributed by atoms with Crippen LogP contribution in [-0.2, 0) is 0 Å². The van der Waals surface area contributed by atoms with Crippen LogP contribution in [0.4, 0.5) is 0 Å². The lowest BCUT2D eigenvalue weighted by Gasteiger charge is -2.34. The van der Waals surface area contributed by atoms with Crippen molar-refractivity contribution >= 4 is 0 Å². The molecule has 14 heavy (non-hydrogen) atoms. The molecule has 2 rings (SSSR count). The summed E-state index contributed by atoms with van der Waals surface area (Å²) in [6.45, 7) is 2.35. The molecule has 2 fully saturated rings. The topological polar surface area (TPSA) is 23.5 Å². The second-order valence-corrected chi connectivity index (χ2v) is 5.18. The van der Waals surface area contributed by atoms with Crippen molar-refractivity contribution in [2.24, 2.45) is 11.8 Å². The van der Waals surface area contributed by atoms with Gasteiger partial charge in [-0.15, -0.1) is 0 Å². The Balaban J connectivity index is 1.82. The maximum Gasteiger partial charge on any atom is 0.0597 e. The number of rotatable bonds is 2. The highest BCUT2D eigenvalue weighted by Gasteiger charge is 2.31. The Bertz CT molecular complexity index is 169. The van der Waals surface area contributed by atoms with E-state index in [1.807, 2.05) is 0 Å². The minimum absolute atomic E-state index is 0.00574. The lowest BCUT2D eigenvalue weighted by atomic mass is 9.83. The van der Waals surface area contributed by atoms with E-state index in [4.69, 9.17) is 0 Å². The molecule has 1 aliphatic carbocycles. The third-order valence-corrected chi connectivity index (χ3v) is 4.13. The van der Waals surface area contributed by atoms with Gasteiger partial charge < -0.3 is 10.0 Å². The van der Waals surface area contributed by atoms with Crippen LogP contribution in [-0.4, -0.2) is 36.2 Å². The summed E-state index contributed by atoms with van der Waals surface area (Å²) in [6.07, 6.45) is 7.64. The third-order valence-electron chi connectivity index (χ3n) is 4.13. The van der Waals surface area contributed by atoms with Gasteiger partial charge in [0.25, 0.3) is 0 Å². The lowest BCUT2D eigenvalue weighted by Crippen LogP contribution is -2.38. The van der Waals surface area contributed by atoms with E-state index in [0.29, 0.717) is 11.8 Å². The van der Waals surface area contributed by atoms with E-state index >= 15 is 0 Å². The first kappa shape index (κ1) is 10.4. The predicted molar refractivity (Wildman–Crippen MR) is 58.2 cm³/mol. The molecule has 1 N–H and O–H groups in total. The highest BCUT2D eigenvalue weighted by molar-refractivity contribution is 4.83. The second kappa shape index (κ2) is 4.63. The van der Waals surface area contributed by atoms with Crippen molar-refractivity contribution < 1.29 is 5.11 Å². The van der Waals surface area contributed by atoms with E-state index in [1.165, 1.54) is 51.6 Å². The van der Waals surface area contributed by atoms with Crippen LogP contribution in [0.5, 0.6) is 0 Å². The van der Waals surface area contributed by atoms with Crippen LogP contribution in [0.3, 0.4) is 0 Å². The van der Waals surface area contributed by atoms with Crippen LogP contribution >= 0.6 is 0 Å². The average molecular weight is 197 g/mol. The maximum atomic E-state index is 10.2. The predicted octanol–water partition coefficient (Wildman–Crippen LogP) is 1.88. The Hall–Kier alpha value is -0.0800. The van der Waals surface area contributed by atoms with Crippen LogP contribution in [0.1, 0.15) is 38.5 Å². The Kier molecular flexibility index (Phi) is 3.45. The number of aliphatic hydroxyl groups is 1. The zero-order chi connectivity index (χ0) is 9.97. The molecule has 2 heteroatoms. The molecule has 0 radical (unpaired) electrons. The Morgan fingerprint density at radius 1 is 1.00 bits per heavy atom. The summed E-state index contributed by atoms with van der Waals surface area (Å²) in [5.74, 6) is 1.22. The molecular formula is C12H23NO. The van der Waals surface area contributed by atoms with E-state index in [2.05, 4.69) is 11.9 Å².